The third-order valence-corrected chi connectivity index (χ3v) is 4.49. The molecule has 6 heteroatoms. The number of amides is 1. The second kappa shape index (κ2) is 7.72. The summed E-state index contributed by atoms with van der Waals surface area (Å²) in [5.41, 5.74) is 0.854. The summed E-state index contributed by atoms with van der Waals surface area (Å²) in [6.45, 7) is 7.22. The lowest BCUT2D eigenvalue weighted by Gasteiger charge is -2.18. The Kier molecular flexibility index (Phi) is 5.40. The van der Waals surface area contributed by atoms with E-state index in [1.807, 2.05) is 56.0 Å². The number of carbonyl (C=O) groups is 1. The molecule has 1 aromatic carbocycles. The molecule has 2 heterocycles. The summed E-state index contributed by atoms with van der Waals surface area (Å²) in [4.78, 5) is 23.3. The first-order chi connectivity index (χ1) is 12.5. The van der Waals surface area contributed by atoms with Crippen molar-refractivity contribution in [2.24, 2.45) is 5.92 Å². The van der Waals surface area contributed by atoms with Crippen molar-refractivity contribution in [2.75, 3.05) is 20.2 Å². The van der Waals surface area contributed by atoms with Crippen molar-refractivity contribution in [1.82, 2.24) is 14.9 Å². The van der Waals surface area contributed by atoms with Crippen LogP contribution in [0.3, 0.4) is 0 Å². The largest absolute Gasteiger partial charge is 0.497 e. The first-order valence-electron chi connectivity index (χ1n) is 8.92. The summed E-state index contributed by atoms with van der Waals surface area (Å²) < 4.78 is 11.0. The molecule has 0 spiro atoms. The van der Waals surface area contributed by atoms with E-state index in [-0.39, 0.29) is 17.7 Å². The number of aryl methyl sites for hydroxylation is 1. The van der Waals surface area contributed by atoms with Crippen molar-refractivity contribution in [3.05, 3.63) is 41.9 Å². The monoisotopic (exact) mass is 355 g/mol. The van der Waals surface area contributed by atoms with Crippen LogP contribution >= 0.6 is 0 Å². The number of hydrogen-bond donors (Lipinski definition) is 0. The Morgan fingerprint density at radius 1 is 1.19 bits per heavy atom. The van der Waals surface area contributed by atoms with Crippen molar-refractivity contribution in [1.29, 1.82) is 0 Å². The van der Waals surface area contributed by atoms with Crippen LogP contribution in [0, 0.1) is 12.8 Å². The van der Waals surface area contributed by atoms with Crippen molar-refractivity contribution in [3.8, 4) is 17.4 Å². The van der Waals surface area contributed by atoms with Gasteiger partial charge in [-0.2, -0.15) is 4.98 Å². The average molecular weight is 355 g/mol. The molecule has 1 atom stereocenters. The number of ether oxygens (including phenoxy) is 2. The average Bonchev–Trinajstić information content (AvgIpc) is 3.11. The highest BCUT2D eigenvalue weighted by molar-refractivity contribution is 5.78. The van der Waals surface area contributed by atoms with Gasteiger partial charge < -0.3 is 14.4 Å². The highest BCUT2D eigenvalue weighted by Gasteiger charge is 2.30. The molecule has 0 aliphatic carbocycles. The minimum atomic E-state index is 0.0149. The first-order valence-corrected chi connectivity index (χ1v) is 8.92. The number of hydrogen-bond acceptors (Lipinski definition) is 5. The van der Waals surface area contributed by atoms with E-state index in [0.717, 1.165) is 30.2 Å². The smallest absolute Gasteiger partial charge is 0.225 e. The second-order valence-corrected chi connectivity index (χ2v) is 6.91. The Bertz CT molecular complexity index is 774. The number of benzene rings is 1. The zero-order chi connectivity index (χ0) is 18.7. The molecule has 1 aromatic heterocycles. The zero-order valence-corrected chi connectivity index (χ0v) is 15.7. The van der Waals surface area contributed by atoms with Gasteiger partial charge in [0, 0.05) is 36.7 Å². The predicted octanol–water partition coefficient (Wildman–Crippen LogP) is 3.56. The van der Waals surface area contributed by atoms with E-state index < -0.39 is 0 Å². The van der Waals surface area contributed by atoms with Gasteiger partial charge in [0.1, 0.15) is 17.3 Å². The van der Waals surface area contributed by atoms with Crippen LogP contribution in [0.25, 0.3) is 0 Å². The molecule has 0 saturated carbocycles. The molecule has 1 amide bonds. The van der Waals surface area contributed by atoms with Crippen LogP contribution in [0.2, 0.25) is 0 Å². The predicted molar refractivity (Wildman–Crippen MR) is 98.6 cm³/mol. The van der Waals surface area contributed by atoms with Gasteiger partial charge >= 0.3 is 0 Å². The highest BCUT2D eigenvalue weighted by atomic mass is 16.5. The Labute approximate surface area is 154 Å². The molecule has 1 fully saturated rings. The number of methoxy groups -OCH3 is 1. The lowest BCUT2D eigenvalue weighted by molar-refractivity contribution is -0.133. The molecule has 1 saturated heterocycles. The van der Waals surface area contributed by atoms with Gasteiger partial charge in [0.25, 0.3) is 0 Å². The fraction of sp³-hybridized carbons (Fsp3) is 0.450. The summed E-state index contributed by atoms with van der Waals surface area (Å²) >= 11 is 0. The van der Waals surface area contributed by atoms with E-state index in [9.17, 15) is 4.79 Å². The van der Waals surface area contributed by atoms with E-state index in [0.29, 0.717) is 18.2 Å². The van der Waals surface area contributed by atoms with Crippen LogP contribution in [0.4, 0.5) is 0 Å². The van der Waals surface area contributed by atoms with Gasteiger partial charge in [-0.15, -0.1) is 0 Å². The molecule has 26 heavy (non-hydrogen) atoms. The lowest BCUT2D eigenvalue weighted by Crippen LogP contribution is -2.32. The maximum absolute atomic E-state index is 12.2. The quantitative estimate of drug-likeness (QED) is 0.820. The Morgan fingerprint density at radius 3 is 2.54 bits per heavy atom. The molecule has 6 nitrogen and oxygen atoms in total. The summed E-state index contributed by atoms with van der Waals surface area (Å²) in [7, 11) is 1.63. The maximum Gasteiger partial charge on any atom is 0.225 e. The maximum atomic E-state index is 12.2. The number of aromatic nitrogens is 2. The van der Waals surface area contributed by atoms with Gasteiger partial charge in [-0.25, -0.2) is 4.98 Å². The molecule has 1 aliphatic rings. The van der Waals surface area contributed by atoms with E-state index in [1.54, 1.807) is 7.11 Å². The SMILES string of the molecule is COc1ccc(Oc2cc(C)nc([C@@H]3CCN(C(=O)C(C)C)C3)n2)cc1. The van der Waals surface area contributed by atoms with Gasteiger partial charge in [-0.3, -0.25) is 4.79 Å². The third kappa shape index (κ3) is 4.12. The highest BCUT2D eigenvalue weighted by Crippen LogP contribution is 2.29. The number of nitrogens with zero attached hydrogens (tertiary/aromatic N) is 3. The molecular weight excluding hydrogens is 330 g/mol. The summed E-state index contributed by atoms with van der Waals surface area (Å²) in [5, 5.41) is 0. The normalized spacial score (nSPS) is 16.8. The van der Waals surface area contributed by atoms with Crippen molar-refractivity contribution < 1.29 is 14.3 Å². The van der Waals surface area contributed by atoms with Gasteiger partial charge in [0.05, 0.1) is 7.11 Å². The van der Waals surface area contributed by atoms with Gasteiger partial charge in [-0.1, -0.05) is 13.8 Å². The molecule has 0 N–H and O–H groups in total. The molecule has 1 aliphatic heterocycles. The van der Waals surface area contributed by atoms with Crippen LogP contribution in [-0.2, 0) is 4.79 Å². The van der Waals surface area contributed by atoms with Gasteiger partial charge in [0.15, 0.2) is 0 Å². The summed E-state index contributed by atoms with van der Waals surface area (Å²) in [6, 6.07) is 9.19. The Hall–Kier alpha value is -2.63. The third-order valence-electron chi connectivity index (χ3n) is 4.49. The van der Waals surface area contributed by atoms with Crippen molar-refractivity contribution in [3.63, 3.8) is 0 Å². The number of likely N-dealkylation sites (tertiary alicyclic amines) is 1. The Balaban J connectivity index is 1.74. The minimum absolute atomic E-state index is 0.0149. The van der Waals surface area contributed by atoms with Gasteiger partial charge in [0.2, 0.25) is 11.8 Å². The van der Waals surface area contributed by atoms with Crippen molar-refractivity contribution in [2.45, 2.75) is 33.1 Å². The standard InChI is InChI=1S/C20H25N3O3/c1-13(2)20(24)23-10-9-15(12-23)19-21-14(3)11-18(22-19)26-17-7-5-16(25-4)6-8-17/h5-8,11,13,15H,9-10,12H2,1-4H3/t15-/m1/s1. The molecule has 0 unspecified atom stereocenters. The summed E-state index contributed by atoms with van der Waals surface area (Å²) in [6.07, 6.45) is 0.879. The first kappa shape index (κ1) is 18.2. The van der Waals surface area contributed by atoms with Crippen LogP contribution in [0.15, 0.2) is 30.3 Å². The molecular formula is C20H25N3O3. The number of carbonyl (C=O) groups excluding carboxylic acids is 1. The fourth-order valence-electron chi connectivity index (χ4n) is 3.10. The molecule has 0 radical (unpaired) electrons. The zero-order valence-electron chi connectivity index (χ0n) is 15.7. The molecule has 0 bridgehead atoms. The van der Waals surface area contributed by atoms with Crippen LogP contribution in [-0.4, -0.2) is 41.0 Å². The molecule has 2 aromatic rings. The molecule has 138 valence electrons. The Morgan fingerprint density at radius 2 is 1.88 bits per heavy atom. The summed E-state index contributed by atoms with van der Waals surface area (Å²) in [5.74, 6) is 3.08. The van der Waals surface area contributed by atoms with Gasteiger partial charge in [-0.05, 0) is 37.6 Å². The lowest BCUT2D eigenvalue weighted by atomic mass is 10.1. The van der Waals surface area contributed by atoms with E-state index in [1.165, 1.54) is 0 Å². The van der Waals surface area contributed by atoms with E-state index in [4.69, 9.17) is 9.47 Å². The van der Waals surface area contributed by atoms with E-state index >= 15 is 0 Å². The minimum Gasteiger partial charge on any atom is -0.497 e. The fourth-order valence-corrected chi connectivity index (χ4v) is 3.10. The topological polar surface area (TPSA) is 64.6 Å². The second-order valence-electron chi connectivity index (χ2n) is 6.91. The van der Waals surface area contributed by atoms with Crippen molar-refractivity contribution >= 4 is 5.91 Å². The number of rotatable bonds is 5. The van der Waals surface area contributed by atoms with Crippen LogP contribution < -0.4 is 9.47 Å². The van der Waals surface area contributed by atoms with Crippen LogP contribution in [0.5, 0.6) is 17.4 Å². The van der Waals surface area contributed by atoms with E-state index in [2.05, 4.69) is 9.97 Å². The van der Waals surface area contributed by atoms with Crippen LogP contribution in [0.1, 0.15) is 37.7 Å². The molecule has 3 rings (SSSR count).